The SMILES string of the molecule is COc1ccc(NC(=O)Nc2c(C)nc(N3CCCC3)nc2C)c(C)c1. The summed E-state index contributed by atoms with van der Waals surface area (Å²) >= 11 is 0. The fourth-order valence-electron chi connectivity index (χ4n) is 3.11. The Hall–Kier alpha value is -2.83. The maximum atomic E-state index is 12.4. The van der Waals surface area contributed by atoms with Gasteiger partial charge in [0.15, 0.2) is 0 Å². The highest BCUT2D eigenvalue weighted by molar-refractivity contribution is 6.00. The fraction of sp³-hybridized carbons (Fsp3) is 0.421. The third-order valence-corrected chi connectivity index (χ3v) is 4.57. The van der Waals surface area contributed by atoms with Gasteiger partial charge < -0.3 is 20.3 Å². The standard InChI is InChI=1S/C19H25N5O2/c1-12-11-15(26-4)7-8-16(12)22-19(25)23-17-13(2)20-18(21-14(17)3)24-9-5-6-10-24/h7-8,11H,5-6,9-10H2,1-4H3,(H2,22,23,25). The van der Waals surface area contributed by atoms with E-state index in [1.165, 1.54) is 12.8 Å². The van der Waals surface area contributed by atoms with Gasteiger partial charge in [0.1, 0.15) is 5.75 Å². The zero-order valence-electron chi connectivity index (χ0n) is 15.7. The summed E-state index contributed by atoms with van der Waals surface area (Å²) < 4.78 is 5.19. The molecular formula is C19H25N5O2. The minimum absolute atomic E-state index is 0.318. The number of anilines is 3. The lowest BCUT2D eigenvalue weighted by molar-refractivity contribution is 0.262. The predicted octanol–water partition coefficient (Wildman–Crippen LogP) is 3.65. The Kier molecular flexibility index (Phi) is 5.25. The lowest BCUT2D eigenvalue weighted by atomic mass is 10.2. The van der Waals surface area contributed by atoms with E-state index in [0.717, 1.165) is 47.4 Å². The highest BCUT2D eigenvalue weighted by Crippen LogP contribution is 2.24. The van der Waals surface area contributed by atoms with Crippen LogP contribution in [0.1, 0.15) is 29.8 Å². The number of carbonyl (C=O) groups is 1. The molecule has 2 N–H and O–H groups in total. The van der Waals surface area contributed by atoms with Crippen LogP contribution in [0.5, 0.6) is 5.75 Å². The van der Waals surface area contributed by atoms with Gasteiger partial charge in [-0.25, -0.2) is 14.8 Å². The summed E-state index contributed by atoms with van der Waals surface area (Å²) in [5.41, 5.74) is 3.83. The van der Waals surface area contributed by atoms with Crippen molar-refractivity contribution in [3.8, 4) is 5.75 Å². The molecule has 0 spiro atoms. The second kappa shape index (κ2) is 7.59. The van der Waals surface area contributed by atoms with E-state index in [0.29, 0.717) is 5.69 Å². The van der Waals surface area contributed by atoms with E-state index in [4.69, 9.17) is 4.74 Å². The zero-order chi connectivity index (χ0) is 18.7. The molecule has 1 fully saturated rings. The van der Waals surface area contributed by atoms with Crippen LogP contribution >= 0.6 is 0 Å². The third kappa shape index (κ3) is 3.87. The van der Waals surface area contributed by atoms with Gasteiger partial charge >= 0.3 is 6.03 Å². The average Bonchev–Trinajstić information content (AvgIpc) is 3.14. The van der Waals surface area contributed by atoms with Crippen LogP contribution in [0.15, 0.2) is 18.2 Å². The number of aromatic nitrogens is 2. The lowest BCUT2D eigenvalue weighted by Crippen LogP contribution is -2.24. The predicted molar refractivity (Wildman–Crippen MR) is 103 cm³/mol. The van der Waals surface area contributed by atoms with Gasteiger partial charge in [-0.3, -0.25) is 0 Å². The number of rotatable bonds is 4. The van der Waals surface area contributed by atoms with E-state index >= 15 is 0 Å². The van der Waals surface area contributed by atoms with E-state index in [-0.39, 0.29) is 6.03 Å². The van der Waals surface area contributed by atoms with Gasteiger partial charge in [-0.2, -0.15) is 0 Å². The van der Waals surface area contributed by atoms with Crippen LogP contribution in [0, 0.1) is 20.8 Å². The quantitative estimate of drug-likeness (QED) is 0.875. The molecule has 7 nitrogen and oxygen atoms in total. The molecule has 138 valence electrons. The third-order valence-electron chi connectivity index (χ3n) is 4.57. The van der Waals surface area contributed by atoms with Gasteiger partial charge in [0.25, 0.3) is 0 Å². The second-order valence-corrected chi connectivity index (χ2v) is 6.52. The topological polar surface area (TPSA) is 79.4 Å². The number of urea groups is 1. The summed E-state index contributed by atoms with van der Waals surface area (Å²) in [4.78, 5) is 23.7. The summed E-state index contributed by atoms with van der Waals surface area (Å²) in [6.45, 7) is 7.68. The first-order valence-corrected chi connectivity index (χ1v) is 8.81. The molecule has 2 heterocycles. The number of aryl methyl sites for hydroxylation is 3. The molecule has 2 aromatic rings. The molecule has 7 heteroatoms. The summed E-state index contributed by atoms with van der Waals surface area (Å²) in [6.07, 6.45) is 2.34. The number of methoxy groups -OCH3 is 1. The smallest absolute Gasteiger partial charge is 0.323 e. The summed E-state index contributed by atoms with van der Waals surface area (Å²) in [7, 11) is 1.62. The molecule has 3 rings (SSSR count). The Labute approximate surface area is 153 Å². The van der Waals surface area contributed by atoms with Crippen LogP contribution < -0.4 is 20.3 Å². The van der Waals surface area contributed by atoms with E-state index < -0.39 is 0 Å². The van der Waals surface area contributed by atoms with E-state index in [9.17, 15) is 4.79 Å². The molecule has 0 bridgehead atoms. The van der Waals surface area contributed by atoms with Crippen LogP contribution in [0.4, 0.5) is 22.1 Å². The van der Waals surface area contributed by atoms with Gasteiger partial charge in [0.2, 0.25) is 5.95 Å². The van der Waals surface area contributed by atoms with Crippen molar-refractivity contribution in [1.82, 2.24) is 9.97 Å². The molecule has 26 heavy (non-hydrogen) atoms. The Morgan fingerprint density at radius 3 is 2.31 bits per heavy atom. The molecule has 1 aliphatic heterocycles. The molecule has 1 aliphatic rings. The molecule has 1 aromatic heterocycles. The highest BCUT2D eigenvalue weighted by atomic mass is 16.5. The van der Waals surface area contributed by atoms with Crippen molar-refractivity contribution in [2.75, 3.05) is 35.7 Å². The molecule has 1 aromatic carbocycles. The highest BCUT2D eigenvalue weighted by Gasteiger charge is 2.18. The first-order chi connectivity index (χ1) is 12.5. The molecule has 0 radical (unpaired) electrons. The van der Waals surface area contributed by atoms with E-state index in [1.807, 2.05) is 39.0 Å². The molecule has 0 aliphatic carbocycles. The van der Waals surface area contributed by atoms with Gasteiger partial charge in [-0.1, -0.05) is 0 Å². The molecule has 2 amide bonds. The van der Waals surface area contributed by atoms with Crippen molar-refractivity contribution >= 4 is 23.4 Å². The minimum Gasteiger partial charge on any atom is -0.497 e. The number of hydrogen-bond acceptors (Lipinski definition) is 5. The minimum atomic E-state index is -0.318. The van der Waals surface area contributed by atoms with Gasteiger partial charge in [-0.15, -0.1) is 0 Å². The number of benzene rings is 1. The Bertz CT molecular complexity index is 793. The number of ether oxygens (including phenoxy) is 1. The normalized spacial score (nSPS) is 13.6. The average molecular weight is 355 g/mol. The van der Waals surface area contributed by atoms with E-state index in [1.54, 1.807) is 7.11 Å². The maximum Gasteiger partial charge on any atom is 0.323 e. The lowest BCUT2D eigenvalue weighted by Gasteiger charge is -2.19. The van der Waals surface area contributed by atoms with Crippen LogP contribution in [-0.4, -0.2) is 36.2 Å². The summed E-state index contributed by atoms with van der Waals surface area (Å²) in [5, 5.41) is 5.74. The Morgan fingerprint density at radius 1 is 1.08 bits per heavy atom. The summed E-state index contributed by atoms with van der Waals surface area (Å²) in [5.74, 6) is 1.50. The number of carbonyl (C=O) groups excluding carboxylic acids is 1. The zero-order valence-corrected chi connectivity index (χ0v) is 15.7. The number of hydrogen-bond donors (Lipinski definition) is 2. The maximum absolute atomic E-state index is 12.4. The monoisotopic (exact) mass is 355 g/mol. The first kappa shape index (κ1) is 18.0. The van der Waals surface area contributed by atoms with Gasteiger partial charge in [0.05, 0.1) is 24.2 Å². The van der Waals surface area contributed by atoms with Crippen LogP contribution in [0.25, 0.3) is 0 Å². The molecular weight excluding hydrogens is 330 g/mol. The van der Waals surface area contributed by atoms with Gasteiger partial charge in [-0.05, 0) is 57.4 Å². The van der Waals surface area contributed by atoms with Crippen molar-refractivity contribution in [2.24, 2.45) is 0 Å². The summed E-state index contributed by atoms with van der Waals surface area (Å²) in [6, 6.07) is 5.19. The largest absolute Gasteiger partial charge is 0.497 e. The molecule has 1 saturated heterocycles. The molecule has 0 atom stereocenters. The first-order valence-electron chi connectivity index (χ1n) is 8.81. The van der Waals surface area contributed by atoms with Crippen molar-refractivity contribution < 1.29 is 9.53 Å². The fourth-order valence-corrected chi connectivity index (χ4v) is 3.11. The van der Waals surface area contributed by atoms with Crippen molar-refractivity contribution in [1.29, 1.82) is 0 Å². The van der Waals surface area contributed by atoms with Crippen molar-refractivity contribution in [2.45, 2.75) is 33.6 Å². The van der Waals surface area contributed by atoms with Crippen LogP contribution in [0.2, 0.25) is 0 Å². The van der Waals surface area contributed by atoms with Crippen molar-refractivity contribution in [3.05, 3.63) is 35.2 Å². The van der Waals surface area contributed by atoms with Gasteiger partial charge in [0, 0.05) is 18.8 Å². The Morgan fingerprint density at radius 2 is 1.73 bits per heavy atom. The Balaban J connectivity index is 1.73. The molecule has 0 unspecified atom stereocenters. The van der Waals surface area contributed by atoms with Crippen LogP contribution in [-0.2, 0) is 0 Å². The van der Waals surface area contributed by atoms with Crippen LogP contribution in [0.3, 0.4) is 0 Å². The second-order valence-electron chi connectivity index (χ2n) is 6.52. The van der Waals surface area contributed by atoms with Crippen molar-refractivity contribution in [3.63, 3.8) is 0 Å². The van der Waals surface area contributed by atoms with E-state index in [2.05, 4.69) is 25.5 Å². The number of nitrogens with zero attached hydrogens (tertiary/aromatic N) is 3. The number of amides is 2. The number of nitrogens with one attached hydrogen (secondary N) is 2. The molecule has 0 saturated carbocycles.